The van der Waals surface area contributed by atoms with E-state index in [0.717, 1.165) is 11.0 Å². The molecule has 0 spiro atoms. The van der Waals surface area contributed by atoms with Crippen LogP contribution in [0.2, 0.25) is 0 Å². The lowest BCUT2D eigenvalue weighted by atomic mass is 10.1. The quantitative estimate of drug-likeness (QED) is 0.842. The molecule has 1 heterocycles. The van der Waals surface area contributed by atoms with Gasteiger partial charge >= 0.3 is 0 Å². The third-order valence-electron chi connectivity index (χ3n) is 3.73. The first kappa shape index (κ1) is 13.3. The van der Waals surface area contributed by atoms with Crippen molar-refractivity contribution in [3.05, 3.63) is 55.7 Å². The van der Waals surface area contributed by atoms with Crippen LogP contribution < -0.4 is 5.32 Å². The van der Waals surface area contributed by atoms with E-state index in [1.165, 1.54) is 29.7 Å². The number of nitrogens with one attached hydrogen (secondary N) is 1. The Labute approximate surface area is 127 Å². The highest BCUT2D eigenvalue weighted by molar-refractivity contribution is 9.10. The first-order chi connectivity index (χ1) is 9.22. The Kier molecular flexibility index (Phi) is 4.06. The highest BCUT2D eigenvalue weighted by Gasteiger charge is 2.15. The molecule has 1 N–H and O–H groups in total. The summed E-state index contributed by atoms with van der Waals surface area (Å²) < 4.78 is 1.15. The van der Waals surface area contributed by atoms with Crippen molar-refractivity contribution >= 4 is 27.3 Å². The SMILES string of the molecule is CC(NCc1cc2c(s1)CCC2)c1cccc(Br)c1. The van der Waals surface area contributed by atoms with Gasteiger partial charge in [0.2, 0.25) is 0 Å². The molecule has 100 valence electrons. The fraction of sp³-hybridized carbons (Fsp3) is 0.375. The standard InChI is InChI=1S/C16H18BrNS/c1-11(12-4-2-6-14(17)8-12)18-10-15-9-13-5-3-7-16(13)19-15/h2,4,6,8-9,11,18H,3,5,7,10H2,1H3. The van der Waals surface area contributed by atoms with E-state index in [1.54, 1.807) is 10.4 Å². The Hall–Kier alpha value is -0.640. The summed E-state index contributed by atoms with van der Waals surface area (Å²) >= 11 is 5.52. The zero-order valence-corrected chi connectivity index (χ0v) is 13.5. The molecule has 19 heavy (non-hydrogen) atoms. The second kappa shape index (κ2) is 5.78. The van der Waals surface area contributed by atoms with Gasteiger partial charge in [-0.3, -0.25) is 0 Å². The van der Waals surface area contributed by atoms with Crippen LogP contribution in [0, 0.1) is 0 Å². The van der Waals surface area contributed by atoms with Gasteiger partial charge in [0.25, 0.3) is 0 Å². The molecule has 0 radical (unpaired) electrons. The predicted molar refractivity (Wildman–Crippen MR) is 85.7 cm³/mol. The molecule has 0 amide bonds. The van der Waals surface area contributed by atoms with Crippen molar-refractivity contribution in [1.82, 2.24) is 5.32 Å². The highest BCUT2D eigenvalue weighted by atomic mass is 79.9. The first-order valence-electron chi connectivity index (χ1n) is 6.81. The fourth-order valence-electron chi connectivity index (χ4n) is 2.63. The number of halogens is 1. The summed E-state index contributed by atoms with van der Waals surface area (Å²) in [6.07, 6.45) is 3.93. The van der Waals surface area contributed by atoms with Crippen molar-refractivity contribution in [2.45, 2.75) is 38.8 Å². The smallest absolute Gasteiger partial charge is 0.0305 e. The maximum Gasteiger partial charge on any atom is 0.0305 e. The van der Waals surface area contributed by atoms with Crippen molar-refractivity contribution < 1.29 is 0 Å². The minimum atomic E-state index is 0.384. The van der Waals surface area contributed by atoms with Gasteiger partial charge in [0.05, 0.1) is 0 Å². The van der Waals surface area contributed by atoms with Gasteiger partial charge in [-0.25, -0.2) is 0 Å². The maximum atomic E-state index is 3.62. The van der Waals surface area contributed by atoms with E-state index < -0.39 is 0 Å². The molecule has 2 aromatic rings. The van der Waals surface area contributed by atoms with E-state index in [9.17, 15) is 0 Å². The summed E-state index contributed by atoms with van der Waals surface area (Å²) in [7, 11) is 0. The largest absolute Gasteiger partial charge is 0.305 e. The molecule has 0 bridgehead atoms. The topological polar surface area (TPSA) is 12.0 Å². The van der Waals surface area contributed by atoms with Crippen molar-refractivity contribution in [3.63, 3.8) is 0 Å². The lowest BCUT2D eigenvalue weighted by Gasteiger charge is -2.13. The van der Waals surface area contributed by atoms with Crippen LogP contribution in [0.25, 0.3) is 0 Å². The number of hydrogen-bond donors (Lipinski definition) is 1. The van der Waals surface area contributed by atoms with E-state index in [-0.39, 0.29) is 0 Å². The van der Waals surface area contributed by atoms with Crippen LogP contribution in [0.4, 0.5) is 0 Å². The zero-order chi connectivity index (χ0) is 13.2. The molecule has 1 atom stereocenters. The van der Waals surface area contributed by atoms with Crippen LogP contribution >= 0.6 is 27.3 Å². The second-order valence-corrected chi connectivity index (χ2v) is 7.31. The van der Waals surface area contributed by atoms with E-state index in [1.807, 2.05) is 11.3 Å². The third kappa shape index (κ3) is 3.10. The third-order valence-corrected chi connectivity index (χ3v) is 5.46. The molecule has 0 saturated carbocycles. The minimum absolute atomic E-state index is 0.384. The summed E-state index contributed by atoms with van der Waals surface area (Å²) in [5.74, 6) is 0. The van der Waals surface area contributed by atoms with Gasteiger partial charge in [0.1, 0.15) is 0 Å². The van der Waals surface area contributed by atoms with Gasteiger partial charge < -0.3 is 5.32 Å². The van der Waals surface area contributed by atoms with E-state index in [2.05, 4.69) is 58.5 Å². The summed E-state index contributed by atoms with van der Waals surface area (Å²) in [4.78, 5) is 3.10. The number of benzene rings is 1. The number of thiophene rings is 1. The number of aryl methyl sites for hydroxylation is 2. The molecular formula is C16H18BrNS. The summed E-state index contributed by atoms with van der Waals surface area (Å²) in [6.45, 7) is 3.20. The lowest BCUT2D eigenvalue weighted by molar-refractivity contribution is 0.578. The molecule has 1 aromatic heterocycles. The molecule has 1 nitrogen and oxygen atoms in total. The van der Waals surface area contributed by atoms with E-state index in [4.69, 9.17) is 0 Å². The Bertz CT molecular complexity index is 554. The van der Waals surface area contributed by atoms with Crippen LogP contribution in [-0.4, -0.2) is 0 Å². The van der Waals surface area contributed by atoms with Gasteiger partial charge in [-0.2, -0.15) is 0 Å². The number of hydrogen-bond acceptors (Lipinski definition) is 2. The molecule has 1 unspecified atom stereocenters. The summed E-state index contributed by atoms with van der Waals surface area (Å²) in [6, 6.07) is 11.3. The van der Waals surface area contributed by atoms with E-state index in [0.29, 0.717) is 6.04 Å². The number of rotatable bonds is 4. The summed E-state index contributed by atoms with van der Waals surface area (Å²) in [5.41, 5.74) is 2.93. The van der Waals surface area contributed by atoms with Crippen LogP contribution in [0.15, 0.2) is 34.8 Å². The molecule has 0 saturated heterocycles. The molecule has 1 aromatic carbocycles. The molecule has 3 rings (SSSR count). The second-order valence-electron chi connectivity index (χ2n) is 5.17. The van der Waals surface area contributed by atoms with Crippen molar-refractivity contribution in [1.29, 1.82) is 0 Å². The Morgan fingerprint density at radius 2 is 2.21 bits per heavy atom. The lowest BCUT2D eigenvalue weighted by Crippen LogP contribution is -2.17. The van der Waals surface area contributed by atoms with Gasteiger partial charge in [0.15, 0.2) is 0 Å². The molecular weight excluding hydrogens is 318 g/mol. The molecule has 1 aliphatic carbocycles. The molecule has 0 fully saturated rings. The Morgan fingerprint density at radius 1 is 1.32 bits per heavy atom. The van der Waals surface area contributed by atoms with E-state index >= 15 is 0 Å². The van der Waals surface area contributed by atoms with Crippen LogP contribution in [0.1, 0.15) is 40.3 Å². The molecule has 1 aliphatic rings. The minimum Gasteiger partial charge on any atom is -0.305 e. The first-order valence-corrected chi connectivity index (χ1v) is 8.42. The average molecular weight is 336 g/mol. The molecule has 3 heteroatoms. The van der Waals surface area contributed by atoms with Gasteiger partial charge in [-0.1, -0.05) is 28.1 Å². The Balaban J connectivity index is 1.62. The van der Waals surface area contributed by atoms with Crippen molar-refractivity contribution in [2.75, 3.05) is 0 Å². The van der Waals surface area contributed by atoms with Gasteiger partial charge in [-0.05, 0) is 55.5 Å². The predicted octanol–water partition coefficient (Wildman–Crippen LogP) is 4.85. The average Bonchev–Trinajstić information content (AvgIpc) is 2.96. The van der Waals surface area contributed by atoms with Crippen molar-refractivity contribution in [2.24, 2.45) is 0 Å². The van der Waals surface area contributed by atoms with Crippen molar-refractivity contribution in [3.8, 4) is 0 Å². The maximum absolute atomic E-state index is 3.62. The van der Waals surface area contributed by atoms with Gasteiger partial charge in [0, 0.05) is 26.8 Å². The monoisotopic (exact) mass is 335 g/mol. The normalized spacial score (nSPS) is 15.5. The van der Waals surface area contributed by atoms with Crippen LogP contribution in [-0.2, 0) is 19.4 Å². The highest BCUT2D eigenvalue weighted by Crippen LogP contribution is 2.30. The Morgan fingerprint density at radius 3 is 3.00 bits per heavy atom. The molecule has 0 aliphatic heterocycles. The van der Waals surface area contributed by atoms with Crippen LogP contribution in [0.3, 0.4) is 0 Å². The number of fused-ring (bicyclic) bond motifs is 1. The summed E-state index contributed by atoms with van der Waals surface area (Å²) in [5, 5.41) is 3.62. The zero-order valence-electron chi connectivity index (χ0n) is 11.1. The fourth-order valence-corrected chi connectivity index (χ4v) is 4.25. The van der Waals surface area contributed by atoms with Gasteiger partial charge in [-0.15, -0.1) is 11.3 Å². The van der Waals surface area contributed by atoms with Crippen LogP contribution in [0.5, 0.6) is 0 Å².